The monoisotopic (exact) mass is 297 g/mol. The fourth-order valence-corrected chi connectivity index (χ4v) is 2.00. The number of anilines is 1. The van der Waals surface area contributed by atoms with E-state index in [0.29, 0.717) is 12.5 Å². The largest absolute Gasteiger partial charge is 0.469 e. The van der Waals surface area contributed by atoms with Crippen LogP contribution < -0.4 is 5.73 Å². The molecule has 0 aliphatic rings. The van der Waals surface area contributed by atoms with E-state index in [9.17, 15) is 4.79 Å². The van der Waals surface area contributed by atoms with E-state index in [4.69, 9.17) is 5.73 Å². The molecule has 0 unspecified atom stereocenters. The highest BCUT2D eigenvalue weighted by Gasteiger charge is 2.10. The van der Waals surface area contributed by atoms with Gasteiger partial charge >= 0.3 is 5.97 Å². The van der Waals surface area contributed by atoms with E-state index >= 15 is 0 Å². The molecule has 0 saturated heterocycles. The molecule has 17 heavy (non-hydrogen) atoms. The van der Waals surface area contributed by atoms with Gasteiger partial charge in [-0.2, -0.15) is 0 Å². The zero-order valence-corrected chi connectivity index (χ0v) is 10.9. The van der Waals surface area contributed by atoms with Crippen molar-refractivity contribution in [2.45, 2.75) is 13.0 Å². The van der Waals surface area contributed by atoms with E-state index in [2.05, 4.69) is 25.7 Å². The Balaban J connectivity index is 2.35. The molecule has 2 rings (SSSR count). The van der Waals surface area contributed by atoms with Gasteiger partial charge in [-0.1, -0.05) is 15.9 Å². The number of ether oxygens (including phenoxy) is 1. The van der Waals surface area contributed by atoms with Crippen LogP contribution in [0.5, 0.6) is 0 Å². The van der Waals surface area contributed by atoms with Gasteiger partial charge in [-0.15, -0.1) is 0 Å². The number of nitrogens with zero attached hydrogens (tertiary/aromatic N) is 2. The number of imidazole rings is 1. The van der Waals surface area contributed by atoms with Gasteiger partial charge in [0.25, 0.3) is 0 Å². The summed E-state index contributed by atoms with van der Waals surface area (Å²) in [5.74, 6) is 0.142. The molecular formula is C11H12BrN3O2. The maximum Gasteiger partial charge on any atom is 0.307 e. The number of nitrogen functional groups attached to an aromatic ring is 1. The van der Waals surface area contributed by atoms with Crippen LogP contribution in [0.15, 0.2) is 22.7 Å². The van der Waals surface area contributed by atoms with E-state index in [-0.39, 0.29) is 12.4 Å². The van der Waals surface area contributed by atoms with Gasteiger partial charge in [0.15, 0.2) is 0 Å². The molecule has 1 aromatic carbocycles. The Kier molecular flexibility index (Phi) is 3.33. The molecule has 0 fully saturated rings. The van der Waals surface area contributed by atoms with Gasteiger partial charge in [-0.3, -0.25) is 4.79 Å². The van der Waals surface area contributed by atoms with Gasteiger partial charge in [0.1, 0.15) is 0 Å². The fraction of sp³-hybridized carbons (Fsp3) is 0.273. The van der Waals surface area contributed by atoms with Crippen LogP contribution in [0.2, 0.25) is 0 Å². The second-order valence-corrected chi connectivity index (χ2v) is 4.50. The Morgan fingerprint density at radius 1 is 1.59 bits per heavy atom. The fourth-order valence-electron chi connectivity index (χ4n) is 1.65. The van der Waals surface area contributed by atoms with Crippen molar-refractivity contribution in [3.05, 3.63) is 22.7 Å². The third-order valence-electron chi connectivity index (χ3n) is 2.51. The number of methoxy groups -OCH3 is 1. The normalized spacial score (nSPS) is 10.7. The van der Waals surface area contributed by atoms with Crippen LogP contribution >= 0.6 is 15.9 Å². The molecule has 0 aliphatic heterocycles. The first-order valence-corrected chi connectivity index (χ1v) is 5.89. The van der Waals surface area contributed by atoms with E-state index in [0.717, 1.165) is 15.5 Å². The Bertz CT molecular complexity index is 565. The summed E-state index contributed by atoms with van der Waals surface area (Å²) >= 11 is 3.40. The summed E-state index contributed by atoms with van der Waals surface area (Å²) in [6.07, 6.45) is 0.276. The minimum Gasteiger partial charge on any atom is -0.469 e. The van der Waals surface area contributed by atoms with Crippen molar-refractivity contribution < 1.29 is 9.53 Å². The summed E-state index contributed by atoms with van der Waals surface area (Å²) in [4.78, 5) is 15.3. The highest BCUT2D eigenvalue weighted by molar-refractivity contribution is 9.10. The number of benzene rings is 1. The first-order valence-electron chi connectivity index (χ1n) is 5.10. The minimum atomic E-state index is -0.263. The van der Waals surface area contributed by atoms with Crippen molar-refractivity contribution >= 4 is 38.9 Å². The molecular weight excluding hydrogens is 286 g/mol. The lowest BCUT2D eigenvalue weighted by atomic mass is 10.3. The van der Waals surface area contributed by atoms with Crippen molar-refractivity contribution in [3.63, 3.8) is 0 Å². The second-order valence-electron chi connectivity index (χ2n) is 3.58. The number of aryl methyl sites for hydroxylation is 1. The molecule has 0 atom stereocenters. The molecule has 0 saturated carbocycles. The van der Waals surface area contributed by atoms with E-state index in [1.807, 2.05) is 18.2 Å². The van der Waals surface area contributed by atoms with Crippen molar-refractivity contribution in [1.29, 1.82) is 0 Å². The van der Waals surface area contributed by atoms with Gasteiger partial charge in [0.05, 0.1) is 24.6 Å². The molecule has 6 heteroatoms. The molecule has 0 aliphatic carbocycles. The first-order chi connectivity index (χ1) is 8.11. The highest BCUT2D eigenvalue weighted by Crippen LogP contribution is 2.22. The number of carbonyl (C=O) groups is 1. The molecule has 90 valence electrons. The molecule has 5 nitrogen and oxygen atoms in total. The van der Waals surface area contributed by atoms with Gasteiger partial charge in [0.2, 0.25) is 5.95 Å². The van der Waals surface area contributed by atoms with E-state index < -0.39 is 0 Å². The van der Waals surface area contributed by atoms with Crippen LogP contribution in [0, 0.1) is 0 Å². The molecule has 0 bridgehead atoms. The molecule has 1 aromatic heterocycles. The standard InChI is InChI=1S/C11H12BrN3O2/c1-17-10(16)4-5-15-9-6-7(12)2-3-8(9)14-11(15)13/h2-3,6H,4-5H2,1H3,(H2,13,14). The van der Waals surface area contributed by atoms with Gasteiger partial charge in [0, 0.05) is 11.0 Å². The molecule has 2 N–H and O–H groups in total. The van der Waals surface area contributed by atoms with Crippen molar-refractivity contribution in [3.8, 4) is 0 Å². The molecule has 0 amide bonds. The van der Waals surface area contributed by atoms with Gasteiger partial charge in [-0.05, 0) is 18.2 Å². The topological polar surface area (TPSA) is 70.1 Å². The van der Waals surface area contributed by atoms with Crippen LogP contribution in [-0.2, 0) is 16.1 Å². The second kappa shape index (κ2) is 4.75. The number of halogens is 1. The number of aromatic nitrogens is 2. The maximum atomic E-state index is 11.1. The summed E-state index contributed by atoms with van der Waals surface area (Å²) in [5.41, 5.74) is 7.53. The third-order valence-corrected chi connectivity index (χ3v) is 3.00. The average Bonchev–Trinajstić information content (AvgIpc) is 2.61. The predicted octanol–water partition coefficient (Wildman–Crippen LogP) is 1.94. The number of nitrogens with two attached hydrogens (primary N) is 1. The minimum absolute atomic E-state index is 0.263. The number of hydrogen-bond donors (Lipinski definition) is 1. The Hall–Kier alpha value is -1.56. The Labute approximate surface area is 107 Å². The SMILES string of the molecule is COC(=O)CCn1c(N)nc2ccc(Br)cc21. The first kappa shape index (κ1) is 11.9. The van der Waals surface area contributed by atoms with Crippen LogP contribution in [0.1, 0.15) is 6.42 Å². The molecule has 2 aromatic rings. The molecule has 0 spiro atoms. The van der Waals surface area contributed by atoms with Crippen LogP contribution in [0.4, 0.5) is 5.95 Å². The zero-order valence-electron chi connectivity index (χ0n) is 9.31. The zero-order chi connectivity index (χ0) is 12.4. The van der Waals surface area contributed by atoms with Crippen molar-refractivity contribution in [1.82, 2.24) is 9.55 Å². The summed E-state index contributed by atoms with van der Waals surface area (Å²) in [5, 5.41) is 0. The lowest BCUT2D eigenvalue weighted by molar-refractivity contribution is -0.140. The average molecular weight is 298 g/mol. The summed E-state index contributed by atoms with van der Waals surface area (Å²) in [6.45, 7) is 0.464. The van der Waals surface area contributed by atoms with Crippen molar-refractivity contribution in [2.75, 3.05) is 12.8 Å². The number of esters is 1. The summed E-state index contributed by atoms with van der Waals surface area (Å²) in [6, 6.07) is 5.71. The molecule has 1 heterocycles. The number of hydrogen-bond acceptors (Lipinski definition) is 4. The number of carbonyl (C=O) groups excluding carboxylic acids is 1. The Morgan fingerprint density at radius 2 is 2.35 bits per heavy atom. The smallest absolute Gasteiger partial charge is 0.307 e. The van der Waals surface area contributed by atoms with Gasteiger partial charge in [-0.25, -0.2) is 4.98 Å². The lowest BCUT2D eigenvalue weighted by Gasteiger charge is -2.05. The van der Waals surface area contributed by atoms with Crippen LogP contribution in [0.3, 0.4) is 0 Å². The van der Waals surface area contributed by atoms with Gasteiger partial charge < -0.3 is 15.0 Å². The van der Waals surface area contributed by atoms with E-state index in [1.165, 1.54) is 7.11 Å². The predicted molar refractivity (Wildman–Crippen MR) is 68.5 cm³/mol. The molecule has 0 radical (unpaired) electrons. The van der Waals surface area contributed by atoms with Crippen LogP contribution in [0.25, 0.3) is 11.0 Å². The maximum absolute atomic E-state index is 11.1. The Morgan fingerprint density at radius 3 is 3.06 bits per heavy atom. The quantitative estimate of drug-likeness (QED) is 0.879. The van der Waals surface area contributed by atoms with E-state index in [1.54, 1.807) is 4.57 Å². The number of rotatable bonds is 3. The summed E-state index contributed by atoms with van der Waals surface area (Å²) < 4.78 is 7.35. The highest BCUT2D eigenvalue weighted by atomic mass is 79.9. The number of fused-ring (bicyclic) bond motifs is 1. The third kappa shape index (κ3) is 2.41. The van der Waals surface area contributed by atoms with Crippen molar-refractivity contribution in [2.24, 2.45) is 0 Å². The lowest BCUT2D eigenvalue weighted by Crippen LogP contribution is -2.09. The summed E-state index contributed by atoms with van der Waals surface area (Å²) in [7, 11) is 1.37. The van der Waals surface area contributed by atoms with Crippen LogP contribution in [-0.4, -0.2) is 22.6 Å².